The second-order valence-electron chi connectivity index (χ2n) is 6.74. The lowest BCUT2D eigenvalue weighted by Crippen LogP contribution is -2.08. The van der Waals surface area contributed by atoms with Crippen molar-refractivity contribution in [2.75, 3.05) is 0 Å². The zero-order valence-electron chi connectivity index (χ0n) is 14.8. The Balaban J connectivity index is 1.69. The summed E-state index contributed by atoms with van der Waals surface area (Å²) in [5.74, 6) is -0.313. The molecule has 4 aromatic rings. The summed E-state index contributed by atoms with van der Waals surface area (Å²) in [7, 11) is 0. The Morgan fingerprint density at radius 2 is 1.59 bits per heavy atom. The number of benzene rings is 2. The Morgan fingerprint density at radius 1 is 0.862 bits per heavy atom. The van der Waals surface area contributed by atoms with Gasteiger partial charge in [-0.1, -0.05) is 46.7 Å². The van der Waals surface area contributed by atoms with Crippen LogP contribution in [0.5, 0.6) is 0 Å². The molecule has 0 bridgehead atoms. The molecule has 0 radical (unpaired) electrons. The molecule has 2 aromatic heterocycles. The summed E-state index contributed by atoms with van der Waals surface area (Å²) in [6, 6.07) is 14.0. The predicted octanol–water partition coefficient (Wildman–Crippen LogP) is 6.39. The van der Waals surface area contributed by atoms with Crippen molar-refractivity contribution in [3.63, 3.8) is 0 Å². The second-order valence-corrected chi connectivity index (χ2v) is 7.99. The first kappa shape index (κ1) is 18.4. The first-order chi connectivity index (χ1) is 13.9. The molecule has 5 rings (SSSR count). The maximum atomic E-state index is 14.0. The van der Waals surface area contributed by atoms with E-state index in [0.29, 0.717) is 29.7 Å². The third kappa shape index (κ3) is 3.06. The number of alkyl halides is 3. The molecule has 0 fully saturated rings. The van der Waals surface area contributed by atoms with Crippen molar-refractivity contribution >= 4 is 22.6 Å². The largest absolute Gasteiger partial charge is 0.422 e. The first-order valence-electron chi connectivity index (χ1n) is 8.83. The molecule has 4 nitrogen and oxygen atoms in total. The average Bonchev–Trinajstić information content (AvgIpc) is 3.32. The lowest BCUT2D eigenvalue weighted by Gasteiger charge is -2.15. The van der Waals surface area contributed by atoms with E-state index in [-0.39, 0.29) is 17.2 Å². The van der Waals surface area contributed by atoms with Crippen LogP contribution in [0.25, 0.3) is 34.0 Å². The number of aryl methyl sites for hydroxylation is 1. The highest BCUT2D eigenvalue weighted by molar-refractivity contribution is 14.1. The summed E-state index contributed by atoms with van der Waals surface area (Å²) in [6.07, 6.45) is -3.45. The number of fused-ring (bicyclic) bond motifs is 3. The van der Waals surface area contributed by atoms with Crippen LogP contribution in [0, 0.1) is 3.57 Å². The van der Waals surface area contributed by atoms with Gasteiger partial charge in [-0.15, -0.1) is 0 Å². The van der Waals surface area contributed by atoms with Crippen LogP contribution in [0.1, 0.15) is 16.7 Å². The summed E-state index contributed by atoms with van der Waals surface area (Å²) >= 11 is 2.23. The molecule has 8 heteroatoms. The quantitative estimate of drug-likeness (QED) is 0.295. The zero-order chi connectivity index (χ0) is 20.2. The standard InChI is InChI=1S/C21H12F3IN2O2/c22-21(23,24)16-18(27-28-19(16)11-4-2-1-3-5-11)20-15-8-6-12-10-13(25)7-9-14(12)17(15)26-29-20/h1-5,7,9-10H,6,8H2. The predicted molar refractivity (Wildman–Crippen MR) is 108 cm³/mol. The third-order valence-electron chi connectivity index (χ3n) is 4.98. The van der Waals surface area contributed by atoms with Crippen molar-refractivity contribution in [3.05, 3.63) is 68.8 Å². The second kappa shape index (κ2) is 6.72. The maximum Gasteiger partial charge on any atom is 0.422 e. The van der Waals surface area contributed by atoms with Gasteiger partial charge in [-0.3, -0.25) is 0 Å². The van der Waals surface area contributed by atoms with E-state index in [1.807, 2.05) is 12.1 Å². The molecule has 0 saturated heterocycles. The van der Waals surface area contributed by atoms with Crippen LogP contribution in [0.2, 0.25) is 0 Å². The highest BCUT2D eigenvalue weighted by Gasteiger charge is 2.43. The minimum Gasteiger partial charge on any atom is -0.355 e. The van der Waals surface area contributed by atoms with Gasteiger partial charge in [0, 0.05) is 20.3 Å². The molecule has 1 aliphatic carbocycles. The minimum atomic E-state index is -4.66. The van der Waals surface area contributed by atoms with Gasteiger partial charge in [0.25, 0.3) is 0 Å². The number of halogens is 4. The van der Waals surface area contributed by atoms with Crippen LogP contribution >= 0.6 is 22.6 Å². The Hall–Kier alpha value is -2.62. The molecule has 2 heterocycles. The number of rotatable bonds is 2. The van der Waals surface area contributed by atoms with Crippen LogP contribution < -0.4 is 0 Å². The average molecular weight is 508 g/mol. The van der Waals surface area contributed by atoms with Gasteiger partial charge in [-0.05, 0) is 53.1 Å². The summed E-state index contributed by atoms with van der Waals surface area (Å²) in [4.78, 5) is 0. The molecular formula is C21H12F3IN2O2. The smallest absolute Gasteiger partial charge is 0.355 e. The number of hydrogen-bond acceptors (Lipinski definition) is 4. The summed E-state index contributed by atoms with van der Waals surface area (Å²) < 4.78 is 53.6. The number of aromatic nitrogens is 2. The molecule has 0 N–H and O–H groups in total. The fraction of sp³-hybridized carbons (Fsp3) is 0.143. The first-order valence-corrected chi connectivity index (χ1v) is 9.91. The minimum absolute atomic E-state index is 0.0162. The van der Waals surface area contributed by atoms with Gasteiger partial charge in [0.1, 0.15) is 11.3 Å². The van der Waals surface area contributed by atoms with E-state index in [4.69, 9.17) is 9.05 Å². The molecule has 29 heavy (non-hydrogen) atoms. The van der Waals surface area contributed by atoms with Crippen molar-refractivity contribution in [2.45, 2.75) is 19.0 Å². The molecular weight excluding hydrogens is 496 g/mol. The van der Waals surface area contributed by atoms with E-state index >= 15 is 0 Å². The summed E-state index contributed by atoms with van der Waals surface area (Å²) in [5.41, 5.74) is 2.15. The maximum absolute atomic E-state index is 14.0. The zero-order valence-corrected chi connectivity index (χ0v) is 16.9. The van der Waals surface area contributed by atoms with Gasteiger partial charge in [0.2, 0.25) is 0 Å². The molecule has 2 aromatic carbocycles. The topological polar surface area (TPSA) is 52.1 Å². The van der Waals surface area contributed by atoms with Crippen molar-refractivity contribution in [1.82, 2.24) is 10.3 Å². The van der Waals surface area contributed by atoms with Crippen molar-refractivity contribution < 1.29 is 22.2 Å². The molecule has 0 amide bonds. The third-order valence-corrected chi connectivity index (χ3v) is 5.65. The molecule has 0 saturated carbocycles. The van der Waals surface area contributed by atoms with Crippen LogP contribution in [-0.4, -0.2) is 10.3 Å². The molecule has 1 aliphatic rings. The molecule has 146 valence electrons. The van der Waals surface area contributed by atoms with Crippen LogP contribution in [0.3, 0.4) is 0 Å². The Kier molecular flexibility index (Phi) is 4.27. The molecule has 0 spiro atoms. The number of hydrogen-bond donors (Lipinski definition) is 0. The molecule has 0 unspecified atom stereocenters. The van der Waals surface area contributed by atoms with Crippen LogP contribution in [0.4, 0.5) is 13.2 Å². The highest BCUT2D eigenvalue weighted by atomic mass is 127. The van der Waals surface area contributed by atoms with E-state index in [1.54, 1.807) is 30.3 Å². The Bertz CT molecular complexity index is 1210. The highest BCUT2D eigenvalue weighted by Crippen LogP contribution is 2.46. The van der Waals surface area contributed by atoms with Crippen molar-refractivity contribution in [1.29, 1.82) is 0 Å². The van der Waals surface area contributed by atoms with Gasteiger partial charge < -0.3 is 9.05 Å². The van der Waals surface area contributed by atoms with Gasteiger partial charge in [-0.25, -0.2) is 0 Å². The fourth-order valence-corrected chi connectivity index (χ4v) is 4.25. The van der Waals surface area contributed by atoms with Gasteiger partial charge in [0.15, 0.2) is 17.2 Å². The van der Waals surface area contributed by atoms with E-state index in [2.05, 4.69) is 39.0 Å². The van der Waals surface area contributed by atoms with Gasteiger partial charge in [-0.2, -0.15) is 13.2 Å². The SMILES string of the molecule is FC(F)(F)c1c(-c2onc3c2CCc2cc(I)ccc2-3)noc1-c1ccccc1. The molecule has 0 aliphatic heterocycles. The van der Waals surface area contributed by atoms with Gasteiger partial charge in [0.05, 0.1) is 0 Å². The normalized spacial score (nSPS) is 13.2. The van der Waals surface area contributed by atoms with E-state index < -0.39 is 11.7 Å². The van der Waals surface area contributed by atoms with Gasteiger partial charge >= 0.3 is 6.18 Å². The summed E-state index contributed by atoms with van der Waals surface area (Å²) in [6.45, 7) is 0. The lowest BCUT2D eigenvalue weighted by molar-refractivity contribution is -0.136. The van der Waals surface area contributed by atoms with E-state index in [1.165, 1.54) is 0 Å². The van der Waals surface area contributed by atoms with Crippen molar-refractivity contribution in [2.24, 2.45) is 0 Å². The Morgan fingerprint density at radius 3 is 2.34 bits per heavy atom. The summed E-state index contributed by atoms with van der Waals surface area (Å²) in [5, 5.41) is 7.83. The van der Waals surface area contributed by atoms with E-state index in [9.17, 15) is 13.2 Å². The number of nitrogens with zero attached hydrogens (tertiary/aromatic N) is 2. The Labute approximate surface area is 176 Å². The van der Waals surface area contributed by atoms with Crippen LogP contribution in [0.15, 0.2) is 57.6 Å². The van der Waals surface area contributed by atoms with Crippen molar-refractivity contribution in [3.8, 4) is 34.0 Å². The monoisotopic (exact) mass is 508 g/mol. The van der Waals surface area contributed by atoms with E-state index in [0.717, 1.165) is 14.7 Å². The lowest BCUT2D eigenvalue weighted by atomic mass is 9.88. The molecule has 0 atom stereocenters. The van der Waals surface area contributed by atoms with Crippen LogP contribution in [-0.2, 0) is 19.0 Å². The fourth-order valence-electron chi connectivity index (χ4n) is 3.69.